The predicted octanol–water partition coefficient (Wildman–Crippen LogP) is 6.60. The maximum Gasteiger partial charge on any atom is 0.410 e. The Morgan fingerprint density at radius 2 is 1.28 bits per heavy atom. The summed E-state index contributed by atoms with van der Waals surface area (Å²) < 4.78 is 24.5. The first kappa shape index (κ1) is 32.0. The van der Waals surface area contributed by atoms with Crippen molar-refractivity contribution in [2.75, 3.05) is 27.9 Å². The molecule has 1 unspecified atom stereocenters. The minimum Gasteiger partial charge on any atom is -0.497 e. The van der Waals surface area contributed by atoms with Crippen LogP contribution in [0.3, 0.4) is 0 Å². The summed E-state index contributed by atoms with van der Waals surface area (Å²) in [6.07, 6.45) is -0.943. The van der Waals surface area contributed by atoms with Gasteiger partial charge in [0.15, 0.2) is 0 Å². The van der Waals surface area contributed by atoms with Gasteiger partial charge < -0.3 is 23.5 Å². The van der Waals surface area contributed by atoms with Crippen LogP contribution in [0.2, 0.25) is 5.04 Å². The molecule has 7 heteroatoms. The number of carbonyl (C=O) groups excluding carboxylic acids is 1. The Hall–Kier alpha value is -3.91. The molecule has 6 nitrogen and oxygen atoms in total. The zero-order valence-electron chi connectivity index (χ0n) is 26.0. The van der Waals surface area contributed by atoms with Gasteiger partial charge in [0.05, 0.1) is 19.8 Å². The topological polar surface area (TPSA) is 57.2 Å². The zero-order valence-corrected chi connectivity index (χ0v) is 27.0. The van der Waals surface area contributed by atoms with E-state index in [0.717, 1.165) is 16.9 Å². The summed E-state index contributed by atoms with van der Waals surface area (Å²) in [5, 5.41) is 2.16. The van der Waals surface area contributed by atoms with E-state index >= 15 is 0 Å². The first-order valence-electron chi connectivity index (χ1n) is 14.6. The highest BCUT2D eigenvalue weighted by atomic mass is 28.4. The van der Waals surface area contributed by atoms with Crippen molar-refractivity contribution in [1.29, 1.82) is 0 Å². The fourth-order valence-electron chi connectivity index (χ4n) is 5.68. The van der Waals surface area contributed by atoms with E-state index in [9.17, 15) is 4.79 Å². The van der Waals surface area contributed by atoms with E-state index in [1.807, 2.05) is 66.7 Å². The van der Waals surface area contributed by atoms with E-state index in [-0.39, 0.29) is 18.3 Å². The largest absolute Gasteiger partial charge is 0.497 e. The Kier molecular flexibility index (Phi) is 10.8. The van der Waals surface area contributed by atoms with Gasteiger partial charge in [-0.05, 0) is 38.7 Å². The Morgan fingerprint density at radius 1 is 0.767 bits per heavy atom. The Labute approximate surface area is 257 Å². The molecule has 0 fully saturated rings. The molecule has 0 saturated heterocycles. The average molecular weight is 598 g/mol. The van der Waals surface area contributed by atoms with Crippen LogP contribution >= 0.6 is 0 Å². The maximum absolute atomic E-state index is 13.5. The van der Waals surface area contributed by atoms with Crippen molar-refractivity contribution in [2.45, 2.75) is 44.6 Å². The van der Waals surface area contributed by atoms with Crippen molar-refractivity contribution in [2.24, 2.45) is 0 Å². The fourth-order valence-corrected chi connectivity index (χ4v) is 10.2. The van der Waals surface area contributed by atoms with E-state index in [1.54, 1.807) is 26.2 Å². The number of hydrogen-bond acceptors (Lipinski definition) is 5. The van der Waals surface area contributed by atoms with E-state index in [0.29, 0.717) is 0 Å². The van der Waals surface area contributed by atoms with Crippen molar-refractivity contribution >= 4 is 24.8 Å². The highest BCUT2D eigenvalue weighted by Gasteiger charge is 2.51. The molecule has 226 valence electrons. The van der Waals surface area contributed by atoms with Gasteiger partial charge in [0.2, 0.25) is 0 Å². The lowest BCUT2D eigenvalue weighted by atomic mass is 10.0. The van der Waals surface area contributed by atoms with Gasteiger partial charge in [0.1, 0.15) is 18.5 Å². The van der Waals surface area contributed by atoms with E-state index in [1.165, 1.54) is 10.4 Å². The van der Waals surface area contributed by atoms with Crippen molar-refractivity contribution < 1.29 is 23.4 Å². The number of hydrogen-bond donors (Lipinski definition) is 0. The normalized spacial score (nSPS) is 13.2. The number of carbonyl (C=O) groups is 1. The standard InChI is InChI=1S/C36H43NO5Si/c1-36(2,3)43(31-18-12-8-13-19-31,32-20-14-9-15-21-32)42-27-33(40-6)34(29-22-24-30(39-5)25-23-29)37(4)35(38)41-26-28-16-10-7-11-17-28/h7-25,33-34H,26-27H2,1-6H3/t33-,34?/m1/s1. The second-order valence-electron chi connectivity index (χ2n) is 11.6. The quantitative estimate of drug-likeness (QED) is 0.172. The maximum atomic E-state index is 13.5. The van der Waals surface area contributed by atoms with Crippen LogP contribution in [-0.2, 0) is 20.5 Å². The lowest BCUT2D eigenvalue weighted by Gasteiger charge is -2.44. The molecule has 1 amide bonds. The first-order valence-corrected chi connectivity index (χ1v) is 16.5. The molecule has 0 aliphatic carbocycles. The average Bonchev–Trinajstić information content (AvgIpc) is 3.04. The van der Waals surface area contributed by atoms with Crippen LogP contribution in [-0.4, -0.2) is 53.3 Å². The molecule has 0 aliphatic rings. The minimum absolute atomic E-state index is 0.176. The molecule has 4 aromatic carbocycles. The number of likely N-dealkylation sites (N-methyl/N-ethyl adjacent to an activating group) is 1. The SMILES string of the molecule is COc1ccc(C([C@@H](CO[Si](c2ccccc2)(c2ccccc2)C(C)(C)C)OC)N(C)C(=O)OCc2ccccc2)cc1. The van der Waals surface area contributed by atoms with Crippen molar-refractivity contribution in [3.05, 3.63) is 126 Å². The van der Waals surface area contributed by atoms with Crippen LogP contribution in [0.15, 0.2) is 115 Å². The number of nitrogens with zero attached hydrogens (tertiary/aromatic N) is 1. The van der Waals surface area contributed by atoms with Gasteiger partial charge in [-0.1, -0.05) is 124 Å². The smallest absolute Gasteiger partial charge is 0.410 e. The van der Waals surface area contributed by atoms with Gasteiger partial charge in [-0.15, -0.1) is 0 Å². The van der Waals surface area contributed by atoms with Crippen LogP contribution in [0.4, 0.5) is 4.79 Å². The van der Waals surface area contributed by atoms with Gasteiger partial charge >= 0.3 is 6.09 Å². The molecule has 2 atom stereocenters. The molecule has 0 bridgehead atoms. The van der Waals surface area contributed by atoms with Crippen molar-refractivity contribution in [1.82, 2.24) is 4.90 Å². The zero-order chi connectivity index (χ0) is 30.9. The molecule has 0 aliphatic heterocycles. The summed E-state index contributed by atoms with van der Waals surface area (Å²) in [5.41, 5.74) is 1.81. The predicted molar refractivity (Wildman–Crippen MR) is 174 cm³/mol. The lowest BCUT2D eigenvalue weighted by molar-refractivity contribution is -0.0108. The van der Waals surface area contributed by atoms with Gasteiger partial charge in [-0.3, -0.25) is 0 Å². The van der Waals surface area contributed by atoms with Crippen LogP contribution in [0.1, 0.15) is 37.9 Å². The second kappa shape index (κ2) is 14.5. The summed E-state index contributed by atoms with van der Waals surface area (Å²) in [6.45, 7) is 7.17. The van der Waals surface area contributed by atoms with Gasteiger partial charge in [-0.2, -0.15) is 0 Å². The summed E-state index contributed by atoms with van der Waals surface area (Å²) in [7, 11) is 2.20. The number of rotatable bonds is 12. The molecular formula is C36H43NO5Si. The van der Waals surface area contributed by atoms with Crippen molar-refractivity contribution in [3.8, 4) is 5.75 Å². The number of benzene rings is 4. The summed E-state index contributed by atoms with van der Waals surface area (Å²) >= 11 is 0. The van der Waals surface area contributed by atoms with Crippen LogP contribution < -0.4 is 15.1 Å². The molecule has 4 rings (SSSR count). The van der Waals surface area contributed by atoms with E-state index in [4.69, 9.17) is 18.6 Å². The molecule has 0 spiro atoms. The molecular weight excluding hydrogens is 554 g/mol. The monoisotopic (exact) mass is 597 g/mol. The first-order chi connectivity index (χ1) is 20.7. The van der Waals surface area contributed by atoms with E-state index in [2.05, 4.69) is 69.3 Å². The Bertz CT molecular complexity index is 1370. The van der Waals surface area contributed by atoms with Crippen molar-refractivity contribution in [3.63, 3.8) is 0 Å². The molecule has 0 N–H and O–H groups in total. The minimum atomic E-state index is -2.85. The molecule has 0 saturated carbocycles. The third-order valence-electron chi connectivity index (χ3n) is 7.90. The van der Waals surface area contributed by atoms with Crippen LogP contribution in [0.25, 0.3) is 0 Å². The number of ether oxygens (including phenoxy) is 3. The highest BCUT2D eigenvalue weighted by Crippen LogP contribution is 2.38. The third kappa shape index (κ3) is 7.36. The summed E-state index contributed by atoms with van der Waals surface area (Å²) in [6, 6.07) is 37.9. The van der Waals surface area contributed by atoms with E-state index < -0.39 is 26.6 Å². The second-order valence-corrected chi connectivity index (χ2v) is 15.9. The van der Waals surface area contributed by atoms with Crippen LogP contribution in [0, 0.1) is 0 Å². The molecule has 0 heterocycles. The number of methoxy groups -OCH3 is 2. The Balaban J connectivity index is 1.70. The molecule has 0 aromatic heterocycles. The van der Waals surface area contributed by atoms with Gasteiger partial charge in [0.25, 0.3) is 8.32 Å². The van der Waals surface area contributed by atoms with Crippen LogP contribution in [0.5, 0.6) is 5.75 Å². The number of amides is 1. The summed E-state index contributed by atoms with van der Waals surface area (Å²) in [4.78, 5) is 15.1. The summed E-state index contributed by atoms with van der Waals surface area (Å²) in [5.74, 6) is 0.731. The lowest BCUT2D eigenvalue weighted by Crippen LogP contribution is -2.67. The third-order valence-corrected chi connectivity index (χ3v) is 12.9. The highest BCUT2D eigenvalue weighted by molar-refractivity contribution is 6.99. The fraction of sp³-hybridized carbons (Fsp3) is 0.306. The molecule has 43 heavy (non-hydrogen) atoms. The Morgan fingerprint density at radius 3 is 1.74 bits per heavy atom. The molecule has 4 aromatic rings. The van der Waals surface area contributed by atoms with Gasteiger partial charge in [0, 0.05) is 14.2 Å². The van der Waals surface area contributed by atoms with Gasteiger partial charge in [-0.25, -0.2) is 4.79 Å². The molecule has 0 radical (unpaired) electrons.